The van der Waals surface area contributed by atoms with Gasteiger partial charge < -0.3 is 19.7 Å². The molecule has 4 rings (SSSR count). The highest BCUT2D eigenvalue weighted by Crippen LogP contribution is 2.35. The van der Waals surface area contributed by atoms with Crippen LogP contribution in [0.25, 0.3) is 10.9 Å². The average Bonchev–Trinajstić information content (AvgIpc) is 3.00. The molecule has 2 heterocycles. The minimum absolute atomic E-state index is 0.0888. The van der Waals surface area contributed by atoms with Gasteiger partial charge in [0.1, 0.15) is 5.82 Å². The third kappa shape index (κ3) is 3.24. The number of anilines is 2. The van der Waals surface area contributed by atoms with Gasteiger partial charge in [-0.15, -0.1) is 0 Å². The number of hydrogen-bond acceptors (Lipinski definition) is 3. The zero-order chi connectivity index (χ0) is 19.8. The average molecular weight is 380 g/mol. The normalized spacial score (nSPS) is 14.0. The van der Waals surface area contributed by atoms with Gasteiger partial charge >= 0.3 is 0 Å². The van der Waals surface area contributed by atoms with E-state index in [0.717, 1.165) is 42.2 Å². The number of aromatic amines is 1. The van der Waals surface area contributed by atoms with Crippen molar-refractivity contribution in [3.05, 3.63) is 59.5 Å². The van der Waals surface area contributed by atoms with Crippen molar-refractivity contribution in [2.75, 3.05) is 50.1 Å². The van der Waals surface area contributed by atoms with E-state index in [4.69, 9.17) is 0 Å². The molecule has 1 aromatic heterocycles. The molecule has 2 aromatic carbocycles. The van der Waals surface area contributed by atoms with Crippen molar-refractivity contribution in [2.24, 2.45) is 0 Å². The Morgan fingerprint density at radius 1 is 1.14 bits per heavy atom. The van der Waals surface area contributed by atoms with Gasteiger partial charge in [0.25, 0.3) is 5.91 Å². The van der Waals surface area contributed by atoms with Gasteiger partial charge in [-0.2, -0.15) is 0 Å². The standard InChI is InChI=1S/C22H25FN4O/c1-15-21(17-14-16(23)8-9-18(17)24-15)22(28)27-13-12-26(11-10-25(2)3)19-6-4-5-7-20(19)27/h4-9,14,24H,10-13H2,1-3H3. The number of H-pyrrole nitrogens is 1. The number of carbonyl (C=O) groups excluding carboxylic acids is 1. The van der Waals surface area contributed by atoms with Crippen LogP contribution in [0, 0.1) is 12.7 Å². The number of aryl methyl sites for hydroxylation is 1. The number of benzene rings is 2. The minimum atomic E-state index is -0.338. The maximum absolute atomic E-state index is 13.8. The Hall–Kier alpha value is -2.86. The molecule has 0 bridgehead atoms. The first-order valence-corrected chi connectivity index (χ1v) is 9.54. The Kier molecular flexibility index (Phi) is 4.81. The van der Waals surface area contributed by atoms with Crippen LogP contribution in [-0.4, -0.2) is 56.1 Å². The SMILES string of the molecule is Cc1[nH]c2ccc(F)cc2c1C(=O)N1CCN(CCN(C)C)c2ccccc21. The molecule has 1 N–H and O–H groups in total. The Morgan fingerprint density at radius 3 is 2.64 bits per heavy atom. The Bertz CT molecular complexity index is 1030. The lowest BCUT2D eigenvalue weighted by molar-refractivity contribution is 0.0987. The highest BCUT2D eigenvalue weighted by Gasteiger charge is 2.29. The minimum Gasteiger partial charge on any atom is -0.367 e. The van der Waals surface area contributed by atoms with Gasteiger partial charge in [-0.3, -0.25) is 4.79 Å². The second-order valence-electron chi connectivity index (χ2n) is 7.55. The van der Waals surface area contributed by atoms with Gasteiger partial charge in [0.15, 0.2) is 0 Å². The number of likely N-dealkylation sites (N-methyl/N-ethyl adjacent to an activating group) is 1. The Morgan fingerprint density at radius 2 is 1.89 bits per heavy atom. The van der Waals surface area contributed by atoms with Crippen LogP contribution in [0.3, 0.4) is 0 Å². The molecule has 0 radical (unpaired) electrons. The predicted octanol–water partition coefficient (Wildman–Crippen LogP) is 3.64. The van der Waals surface area contributed by atoms with Crippen LogP contribution < -0.4 is 9.80 Å². The zero-order valence-corrected chi connectivity index (χ0v) is 16.5. The lowest BCUT2D eigenvalue weighted by Gasteiger charge is -2.38. The van der Waals surface area contributed by atoms with Crippen molar-refractivity contribution in [2.45, 2.75) is 6.92 Å². The van der Waals surface area contributed by atoms with Gasteiger partial charge in [0, 0.05) is 42.8 Å². The van der Waals surface area contributed by atoms with Crippen molar-refractivity contribution in [3.63, 3.8) is 0 Å². The topological polar surface area (TPSA) is 42.6 Å². The molecule has 1 aliphatic rings. The number of aromatic nitrogens is 1. The highest BCUT2D eigenvalue weighted by atomic mass is 19.1. The van der Waals surface area contributed by atoms with Gasteiger partial charge in [-0.05, 0) is 51.4 Å². The molecule has 3 aromatic rings. The molecule has 0 saturated carbocycles. The van der Waals surface area contributed by atoms with E-state index in [1.54, 1.807) is 6.07 Å². The summed E-state index contributed by atoms with van der Waals surface area (Å²) in [4.78, 5) is 23.0. The molecule has 146 valence electrons. The number of halogens is 1. The van der Waals surface area contributed by atoms with Crippen molar-refractivity contribution in [1.29, 1.82) is 0 Å². The summed E-state index contributed by atoms with van der Waals surface area (Å²) in [6.45, 7) is 5.09. The monoisotopic (exact) mass is 380 g/mol. The summed E-state index contributed by atoms with van der Waals surface area (Å²) in [5.41, 5.74) is 4.06. The summed E-state index contributed by atoms with van der Waals surface area (Å²) in [7, 11) is 4.12. The molecule has 1 amide bonds. The summed E-state index contributed by atoms with van der Waals surface area (Å²) < 4.78 is 13.8. The molecular formula is C22H25FN4O. The third-order valence-corrected chi connectivity index (χ3v) is 5.33. The number of hydrogen-bond donors (Lipinski definition) is 1. The fraction of sp³-hybridized carbons (Fsp3) is 0.318. The zero-order valence-electron chi connectivity index (χ0n) is 16.5. The van der Waals surface area contributed by atoms with Crippen LogP contribution in [0.5, 0.6) is 0 Å². The first-order valence-electron chi connectivity index (χ1n) is 9.54. The van der Waals surface area contributed by atoms with E-state index < -0.39 is 0 Å². The Labute approximate surface area is 164 Å². The van der Waals surface area contributed by atoms with E-state index in [9.17, 15) is 9.18 Å². The van der Waals surface area contributed by atoms with Crippen LogP contribution >= 0.6 is 0 Å². The number of nitrogens with one attached hydrogen (secondary N) is 1. The van der Waals surface area contributed by atoms with Crippen molar-refractivity contribution in [1.82, 2.24) is 9.88 Å². The summed E-state index contributed by atoms with van der Waals surface area (Å²) in [6, 6.07) is 12.5. The van der Waals surface area contributed by atoms with Crippen LogP contribution in [0.2, 0.25) is 0 Å². The second-order valence-corrected chi connectivity index (χ2v) is 7.55. The fourth-order valence-corrected chi connectivity index (χ4v) is 3.89. The van der Waals surface area contributed by atoms with Crippen LogP contribution in [-0.2, 0) is 0 Å². The largest absolute Gasteiger partial charge is 0.367 e. The maximum Gasteiger partial charge on any atom is 0.260 e. The number of amides is 1. The molecule has 0 spiro atoms. The smallest absolute Gasteiger partial charge is 0.260 e. The third-order valence-electron chi connectivity index (χ3n) is 5.33. The Balaban J connectivity index is 1.72. The quantitative estimate of drug-likeness (QED) is 0.751. The second kappa shape index (κ2) is 7.28. The molecular weight excluding hydrogens is 355 g/mol. The predicted molar refractivity (Wildman–Crippen MR) is 112 cm³/mol. The van der Waals surface area contributed by atoms with E-state index in [0.29, 0.717) is 17.5 Å². The number of carbonyl (C=O) groups is 1. The lowest BCUT2D eigenvalue weighted by atomic mass is 10.1. The molecule has 0 atom stereocenters. The number of para-hydroxylation sites is 2. The van der Waals surface area contributed by atoms with Gasteiger partial charge in [-0.1, -0.05) is 12.1 Å². The van der Waals surface area contributed by atoms with E-state index >= 15 is 0 Å². The van der Waals surface area contributed by atoms with Crippen LogP contribution in [0.4, 0.5) is 15.8 Å². The van der Waals surface area contributed by atoms with Gasteiger partial charge in [-0.25, -0.2) is 4.39 Å². The highest BCUT2D eigenvalue weighted by molar-refractivity contribution is 6.16. The summed E-state index contributed by atoms with van der Waals surface area (Å²) in [5.74, 6) is -0.427. The van der Waals surface area contributed by atoms with E-state index in [2.05, 4.69) is 34.9 Å². The van der Waals surface area contributed by atoms with Gasteiger partial charge in [0.2, 0.25) is 0 Å². The van der Waals surface area contributed by atoms with Crippen molar-refractivity contribution >= 4 is 28.2 Å². The number of nitrogens with zero attached hydrogens (tertiary/aromatic N) is 3. The molecule has 5 nitrogen and oxygen atoms in total. The first kappa shape index (κ1) is 18.5. The first-order chi connectivity index (χ1) is 13.5. The lowest BCUT2D eigenvalue weighted by Crippen LogP contribution is -2.46. The van der Waals surface area contributed by atoms with Crippen molar-refractivity contribution < 1.29 is 9.18 Å². The number of rotatable bonds is 4. The summed E-state index contributed by atoms with van der Waals surface area (Å²) >= 11 is 0. The fourth-order valence-electron chi connectivity index (χ4n) is 3.89. The van der Waals surface area contributed by atoms with Crippen molar-refractivity contribution in [3.8, 4) is 0 Å². The molecule has 0 unspecified atom stereocenters. The van der Waals surface area contributed by atoms with Crippen LogP contribution in [0.1, 0.15) is 16.1 Å². The van der Waals surface area contributed by atoms with E-state index in [1.807, 2.05) is 30.0 Å². The number of fused-ring (bicyclic) bond motifs is 2. The van der Waals surface area contributed by atoms with E-state index in [1.165, 1.54) is 12.1 Å². The van der Waals surface area contributed by atoms with Gasteiger partial charge in [0.05, 0.1) is 16.9 Å². The molecule has 1 aliphatic heterocycles. The maximum atomic E-state index is 13.8. The molecule has 0 saturated heterocycles. The molecule has 0 aliphatic carbocycles. The summed E-state index contributed by atoms with van der Waals surface area (Å²) in [5, 5.41) is 0.634. The molecule has 0 fully saturated rings. The van der Waals surface area contributed by atoms with E-state index in [-0.39, 0.29) is 11.7 Å². The summed E-state index contributed by atoms with van der Waals surface area (Å²) in [6.07, 6.45) is 0. The van der Waals surface area contributed by atoms with Crippen LogP contribution in [0.15, 0.2) is 42.5 Å². The molecule has 28 heavy (non-hydrogen) atoms. The molecule has 6 heteroatoms.